The van der Waals surface area contributed by atoms with Gasteiger partial charge in [0.25, 0.3) is 0 Å². The number of halogens is 3. The van der Waals surface area contributed by atoms with E-state index in [1.165, 1.54) is 6.92 Å². The molecule has 0 aliphatic rings. The number of phenolic OH excluding ortho intramolecular Hbond substituents is 2. The molecule has 0 radical (unpaired) electrons. The summed E-state index contributed by atoms with van der Waals surface area (Å²) in [5.74, 6) is -1.71. The number of aryl methyl sites for hydroxylation is 1. The van der Waals surface area contributed by atoms with Crippen LogP contribution in [0, 0.1) is 17.0 Å². The van der Waals surface area contributed by atoms with Crippen LogP contribution in [0.1, 0.15) is 11.4 Å². The number of aromatic nitrogens is 4. The molecule has 0 aliphatic heterocycles. The van der Waals surface area contributed by atoms with Crippen LogP contribution in [0.3, 0.4) is 0 Å². The fraction of sp³-hybridized carbons (Fsp3) is 0.125. The Morgan fingerprint density at radius 2 is 1.86 bits per heavy atom. The van der Waals surface area contributed by atoms with Crippen LogP contribution in [-0.2, 0) is 6.18 Å². The number of benzene rings is 1. The first kappa shape index (κ1) is 18.9. The van der Waals surface area contributed by atoms with Crippen molar-refractivity contribution in [1.82, 2.24) is 20.2 Å². The van der Waals surface area contributed by atoms with Gasteiger partial charge in [-0.05, 0) is 25.1 Å². The van der Waals surface area contributed by atoms with E-state index in [2.05, 4.69) is 20.2 Å². The Hall–Kier alpha value is -3.83. The quantitative estimate of drug-likeness (QED) is 0.393. The third-order valence-corrected chi connectivity index (χ3v) is 3.74. The van der Waals surface area contributed by atoms with Gasteiger partial charge in [0.05, 0.1) is 16.8 Å². The van der Waals surface area contributed by atoms with Crippen molar-refractivity contribution in [3.05, 3.63) is 52.0 Å². The molecule has 0 amide bonds. The van der Waals surface area contributed by atoms with Gasteiger partial charge in [0.1, 0.15) is 5.69 Å². The number of aromatic hydroxyl groups is 2. The van der Waals surface area contributed by atoms with Crippen LogP contribution in [0.2, 0.25) is 0 Å². The third-order valence-electron chi connectivity index (χ3n) is 3.74. The molecule has 0 spiro atoms. The SMILES string of the molecule is Cc1nc(C(F)(F)F)ccc1-c1nncc(-c2cc(O)c(O)c([N+](=O)[O-])c2)n1. The summed E-state index contributed by atoms with van der Waals surface area (Å²) in [6.45, 7) is 1.35. The minimum Gasteiger partial charge on any atom is -0.504 e. The molecule has 0 saturated heterocycles. The highest BCUT2D eigenvalue weighted by molar-refractivity contribution is 5.71. The normalized spacial score (nSPS) is 11.4. The molecule has 9 nitrogen and oxygen atoms in total. The molecule has 0 unspecified atom stereocenters. The number of nitrogens with zero attached hydrogens (tertiary/aromatic N) is 5. The standard InChI is InChI=1S/C16H10F3N5O4/c1-7-9(2-3-13(21-7)16(17,18)19)15-22-10(6-20-23-15)8-4-11(24(27)28)14(26)12(25)5-8/h2-6,25-26H,1H3. The lowest BCUT2D eigenvalue weighted by molar-refractivity contribution is -0.385. The fourth-order valence-electron chi connectivity index (χ4n) is 2.40. The Labute approximate surface area is 154 Å². The van der Waals surface area contributed by atoms with Gasteiger partial charge in [-0.1, -0.05) is 0 Å². The predicted molar refractivity (Wildman–Crippen MR) is 88.2 cm³/mol. The smallest absolute Gasteiger partial charge is 0.433 e. The Morgan fingerprint density at radius 3 is 2.46 bits per heavy atom. The molecule has 144 valence electrons. The van der Waals surface area contributed by atoms with Crippen molar-refractivity contribution in [1.29, 1.82) is 0 Å². The van der Waals surface area contributed by atoms with Crippen molar-refractivity contribution in [3.63, 3.8) is 0 Å². The number of nitro groups is 1. The van der Waals surface area contributed by atoms with Crippen molar-refractivity contribution in [2.45, 2.75) is 13.1 Å². The minimum atomic E-state index is -4.60. The van der Waals surface area contributed by atoms with Crippen molar-refractivity contribution in [2.75, 3.05) is 0 Å². The number of hydrogen-bond acceptors (Lipinski definition) is 8. The molecule has 0 bridgehead atoms. The van der Waals surface area contributed by atoms with Crippen molar-refractivity contribution in [2.24, 2.45) is 0 Å². The molecule has 2 heterocycles. The second-order valence-corrected chi connectivity index (χ2v) is 5.61. The summed E-state index contributed by atoms with van der Waals surface area (Å²) in [5, 5.41) is 37.7. The third kappa shape index (κ3) is 3.51. The Balaban J connectivity index is 2.08. The van der Waals surface area contributed by atoms with Gasteiger partial charge in [-0.2, -0.15) is 18.3 Å². The molecular formula is C16H10F3N5O4. The Bertz CT molecular complexity index is 1090. The first-order chi connectivity index (χ1) is 13.1. The van der Waals surface area contributed by atoms with Gasteiger partial charge in [0, 0.05) is 22.9 Å². The van der Waals surface area contributed by atoms with E-state index in [-0.39, 0.29) is 28.3 Å². The van der Waals surface area contributed by atoms with E-state index in [1.54, 1.807) is 0 Å². The van der Waals surface area contributed by atoms with Crippen LogP contribution >= 0.6 is 0 Å². The van der Waals surface area contributed by atoms with Crippen LogP contribution in [0.15, 0.2) is 30.5 Å². The van der Waals surface area contributed by atoms with Crippen LogP contribution in [0.5, 0.6) is 11.5 Å². The molecule has 0 fully saturated rings. The molecular weight excluding hydrogens is 383 g/mol. The summed E-state index contributed by atoms with van der Waals surface area (Å²) in [6, 6.07) is 3.92. The minimum absolute atomic E-state index is 0.00769. The maximum Gasteiger partial charge on any atom is 0.433 e. The Morgan fingerprint density at radius 1 is 1.14 bits per heavy atom. The van der Waals surface area contributed by atoms with Crippen LogP contribution in [0.25, 0.3) is 22.6 Å². The lowest BCUT2D eigenvalue weighted by Crippen LogP contribution is -2.09. The van der Waals surface area contributed by atoms with Crippen LogP contribution in [0.4, 0.5) is 18.9 Å². The predicted octanol–water partition coefficient (Wildman–Crippen LogP) is 3.25. The lowest BCUT2D eigenvalue weighted by atomic mass is 10.1. The number of rotatable bonds is 3. The molecule has 2 N–H and O–H groups in total. The molecule has 2 aromatic heterocycles. The summed E-state index contributed by atoms with van der Waals surface area (Å²) in [4.78, 5) is 17.7. The first-order valence-electron chi connectivity index (χ1n) is 7.53. The highest BCUT2D eigenvalue weighted by atomic mass is 19.4. The molecule has 0 atom stereocenters. The molecule has 1 aromatic carbocycles. The van der Waals surface area contributed by atoms with E-state index in [0.29, 0.717) is 0 Å². The van der Waals surface area contributed by atoms with E-state index in [9.17, 15) is 33.5 Å². The second-order valence-electron chi connectivity index (χ2n) is 5.61. The lowest BCUT2D eigenvalue weighted by Gasteiger charge is -2.10. The van der Waals surface area contributed by atoms with Crippen LogP contribution < -0.4 is 0 Å². The average Bonchev–Trinajstić information content (AvgIpc) is 2.62. The highest BCUT2D eigenvalue weighted by Gasteiger charge is 2.33. The fourth-order valence-corrected chi connectivity index (χ4v) is 2.40. The van der Waals surface area contributed by atoms with Gasteiger partial charge in [-0.3, -0.25) is 10.1 Å². The zero-order chi connectivity index (χ0) is 20.6. The summed E-state index contributed by atoms with van der Waals surface area (Å²) < 4.78 is 38.3. The first-order valence-corrected chi connectivity index (χ1v) is 7.53. The number of hydrogen-bond donors (Lipinski definition) is 2. The average molecular weight is 393 g/mol. The van der Waals surface area contributed by atoms with Gasteiger partial charge in [0.15, 0.2) is 11.6 Å². The van der Waals surface area contributed by atoms with E-state index in [1.807, 2.05) is 0 Å². The van der Waals surface area contributed by atoms with Gasteiger partial charge in [0.2, 0.25) is 5.75 Å². The molecule has 0 aliphatic carbocycles. The van der Waals surface area contributed by atoms with Crippen LogP contribution in [-0.4, -0.2) is 35.3 Å². The summed E-state index contributed by atoms with van der Waals surface area (Å²) in [6.07, 6.45) is -3.46. The Kier molecular flexibility index (Phi) is 4.55. The second kappa shape index (κ2) is 6.72. The van der Waals surface area contributed by atoms with E-state index in [0.717, 1.165) is 30.5 Å². The molecule has 28 heavy (non-hydrogen) atoms. The zero-order valence-electron chi connectivity index (χ0n) is 14.0. The van der Waals surface area contributed by atoms with Crippen molar-refractivity contribution >= 4 is 5.69 Å². The summed E-state index contributed by atoms with van der Waals surface area (Å²) in [7, 11) is 0. The number of nitro benzene ring substituents is 1. The van der Waals surface area contributed by atoms with Gasteiger partial charge in [-0.25, -0.2) is 9.97 Å². The monoisotopic (exact) mass is 393 g/mol. The van der Waals surface area contributed by atoms with E-state index >= 15 is 0 Å². The molecule has 3 rings (SSSR count). The zero-order valence-corrected chi connectivity index (χ0v) is 14.0. The van der Waals surface area contributed by atoms with Crippen molar-refractivity contribution < 1.29 is 28.3 Å². The summed E-state index contributed by atoms with van der Waals surface area (Å²) >= 11 is 0. The van der Waals surface area contributed by atoms with E-state index in [4.69, 9.17) is 0 Å². The maximum absolute atomic E-state index is 12.8. The molecule has 3 aromatic rings. The number of phenols is 2. The molecule has 0 saturated carbocycles. The summed E-state index contributed by atoms with van der Waals surface area (Å²) in [5.41, 5.74) is -1.54. The van der Waals surface area contributed by atoms with Gasteiger partial charge in [-0.15, -0.1) is 5.10 Å². The van der Waals surface area contributed by atoms with Gasteiger partial charge >= 0.3 is 11.9 Å². The number of pyridine rings is 1. The van der Waals surface area contributed by atoms with Crippen molar-refractivity contribution in [3.8, 4) is 34.1 Å². The largest absolute Gasteiger partial charge is 0.504 e. The van der Waals surface area contributed by atoms with E-state index < -0.39 is 34.0 Å². The molecule has 12 heteroatoms. The van der Waals surface area contributed by atoms with Gasteiger partial charge < -0.3 is 10.2 Å². The number of alkyl halides is 3. The highest BCUT2D eigenvalue weighted by Crippen LogP contribution is 2.39. The maximum atomic E-state index is 12.8. The topological polar surface area (TPSA) is 135 Å².